The summed E-state index contributed by atoms with van der Waals surface area (Å²) in [7, 11) is 0. The highest BCUT2D eigenvalue weighted by Crippen LogP contribution is 2.28. The van der Waals surface area contributed by atoms with E-state index in [0.29, 0.717) is 13.2 Å². The third-order valence-electron chi connectivity index (χ3n) is 4.28. The van der Waals surface area contributed by atoms with Crippen molar-refractivity contribution < 1.29 is 9.53 Å². The van der Waals surface area contributed by atoms with Gasteiger partial charge in [0.15, 0.2) is 0 Å². The molecule has 0 saturated carbocycles. The first-order valence-corrected chi connectivity index (χ1v) is 7.90. The Hall–Kier alpha value is -2.95. The van der Waals surface area contributed by atoms with Gasteiger partial charge in [0.1, 0.15) is 6.61 Å². The number of aryl methyl sites for hydroxylation is 2. The van der Waals surface area contributed by atoms with E-state index in [2.05, 4.69) is 18.0 Å². The highest BCUT2D eigenvalue weighted by molar-refractivity contribution is 5.94. The topological polar surface area (TPSA) is 55.3 Å². The van der Waals surface area contributed by atoms with Gasteiger partial charge in [-0.15, -0.1) is 0 Å². The van der Waals surface area contributed by atoms with Crippen LogP contribution in [0.25, 0.3) is 22.2 Å². The number of carbonyl (C=O) groups is 1. The number of cyclic esters (lactones) is 1. The number of ether oxygens (including phenoxy) is 1. The van der Waals surface area contributed by atoms with Crippen LogP contribution in [0, 0.1) is 13.8 Å². The number of aromatic nitrogens is 2. The number of hydrogen-bond acceptors (Lipinski definition) is 4. The molecule has 0 bridgehead atoms. The summed E-state index contributed by atoms with van der Waals surface area (Å²) in [6.07, 6.45) is 1.54. The van der Waals surface area contributed by atoms with E-state index < -0.39 is 0 Å². The molecule has 1 amide bonds. The van der Waals surface area contributed by atoms with E-state index in [-0.39, 0.29) is 6.09 Å². The minimum Gasteiger partial charge on any atom is -0.447 e. The molecule has 2 aromatic heterocycles. The second-order valence-electron chi connectivity index (χ2n) is 5.98. The third-order valence-corrected chi connectivity index (χ3v) is 4.28. The Kier molecular flexibility index (Phi) is 3.41. The average molecular weight is 319 g/mol. The highest BCUT2D eigenvalue weighted by Gasteiger charge is 2.23. The van der Waals surface area contributed by atoms with Gasteiger partial charge in [0.05, 0.1) is 17.8 Å². The van der Waals surface area contributed by atoms with Gasteiger partial charge in [-0.3, -0.25) is 9.88 Å². The van der Waals surface area contributed by atoms with Crippen molar-refractivity contribution in [2.75, 3.05) is 18.1 Å². The summed E-state index contributed by atoms with van der Waals surface area (Å²) in [6.45, 7) is 5.03. The zero-order valence-corrected chi connectivity index (χ0v) is 13.6. The van der Waals surface area contributed by atoms with Crippen molar-refractivity contribution in [1.29, 1.82) is 0 Å². The molecule has 1 aliphatic heterocycles. The summed E-state index contributed by atoms with van der Waals surface area (Å²) < 4.78 is 5.02. The molecule has 0 spiro atoms. The average Bonchev–Trinajstić information content (AvgIpc) is 3.01. The number of amides is 1. The Morgan fingerprint density at radius 2 is 2.00 bits per heavy atom. The third kappa shape index (κ3) is 2.48. The van der Waals surface area contributed by atoms with Crippen LogP contribution in [-0.4, -0.2) is 29.2 Å². The van der Waals surface area contributed by atoms with Gasteiger partial charge in [-0.1, -0.05) is 6.07 Å². The van der Waals surface area contributed by atoms with Crippen molar-refractivity contribution >= 4 is 22.7 Å². The second-order valence-corrected chi connectivity index (χ2v) is 5.98. The molecule has 1 saturated heterocycles. The molecule has 1 fully saturated rings. The van der Waals surface area contributed by atoms with Gasteiger partial charge in [0.25, 0.3) is 0 Å². The van der Waals surface area contributed by atoms with Gasteiger partial charge >= 0.3 is 6.09 Å². The maximum absolute atomic E-state index is 11.8. The van der Waals surface area contributed by atoms with Crippen molar-refractivity contribution in [3.8, 4) is 11.3 Å². The molecular weight excluding hydrogens is 302 g/mol. The molecular formula is C19H17N3O2. The smallest absolute Gasteiger partial charge is 0.414 e. The fraction of sp³-hybridized carbons (Fsp3) is 0.211. The Bertz CT molecular complexity index is 935. The SMILES string of the molecule is Cc1ccc(-c2cc(C)c3ccc(N4CCOC4=O)cc3n2)cn1. The van der Waals surface area contributed by atoms with Gasteiger partial charge in [-0.2, -0.15) is 0 Å². The summed E-state index contributed by atoms with van der Waals surface area (Å²) in [5.74, 6) is 0. The number of benzene rings is 1. The zero-order chi connectivity index (χ0) is 16.7. The summed E-state index contributed by atoms with van der Waals surface area (Å²) >= 11 is 0. The first-order chi connectivity index (χ1) is 11.6. The second kappa shape index (κ2) is 5.60. The number of carbonyl (C=O) groups excluding carboxylic acids is 1. The van der Waals surface area contributed by atoms with E-state index in [0.717, 1.165) is 39.1 Å². The maximum Gasteiger partial charge on any atom is 0.414 e. The standard InChI is InChI=1S/C19H17N3O2/c1-12-9-17(14-4-3-13(2)20-11-14)21-18-10-15(5-6-16(12)18)22-7-8-24-19(22)23/h3-6,9-11H,7-8H2,1-2H3. The normalized spacial score (nSPS) is 14.2. The summed E-state index contributed by atoms with van der Waals surface area (Å²) in [5, 5.41) is 1.08. The molecule has 24 heavy (non-hydrogen) atoms. The molecule has 0 atom stereocenters. The largest absolute Gasteiger partial charge is 0.447 e. The van der Waals surface area contributed by atoms with E-state index in [1.807, 2.05) is 43.5 Å². The van der Waals surface area contributed by atoms with Crippen LogP contribution in [0.2, 0.25) is 0 Å². The molecule has 3 heterocycles. The minimum atomic E-state index is -0.301. The minimum absolute atomic E-state index is 0.301. The number of nitrogens with zero attached hydrogens (tertiary/aromatic N) is 3. The highest BCUT2D eigenvalue weighted by atomic mass is 16.6. The van der Waals surface area contributed by atoms with Crippen LogP contribution in [0.1, 0.15) is 11.3 Å². The van der Waals surface area contributed by atoms with Crippen LogP contribution in [0.5, 0.6) is 0 Å². The summed E-state index contributed by atoms with van der Waals surface area (Å²) in [4.78, 5) is 22.5. The van der Waals surface area contributed by atoms with Gasteiger partial charge in [0, 0.05) is 28.5 Å². The fourth-order valence-corrected chi connectivity index (χ4v) is 2.95. The molecule has 4 rings (SSSR count). The quantitative estimate of drug-likeness (QED) is 0.719. The summed E-state index contributed by atoms with van der Waals surface area (Å²) in [5.41, 5.74) is 5.67. The van der Waals surface area contributed by atoms with Crippen LogP contribution in [0.4, 0.5) is 10.5 Å². The van der Waals surface area contributed by atoms with Gasteiger partial charge < -0.3 is 4.74 Å². The number of anilines is 1. The van der Waals surface area contributed by atoms with Gasteiger partial charge in [-0.25, -0.2) is 9.78 Å². The van der Waals surface area contributed by atoms with Crippen molar-refractivity contribution in [1.82, 2.24) is 9.97 Å². The number of fused-ring (bicyclic) bond motifs is 1. The first kappa shape index (κ1) is 14.6. The predicted octanol–water partition coefficient (Wildman–Crippen LogP) is 3.87. The van der Waals surface area contributed by atoms with Crippen molar-refractivity contribution in [2.45, 2.75) is 13.8 Å². The number of pyridine rings is 2. The van der Waals surface area contributed by atoms with E-state index in [4.69, 9.17) is 9.72 Å². The molecule has 3 aromatic rings. The number of rotatable bonds is 2. The molecule has 0 unspecified atom stereocenters. The van der Waals surface area contributed by atoms with Crippen LogP contribution in [-0.2, 0) is 4.74 Å². The van der Waals surface area contributed by atoms with Gasteiger partial charge in [0.2, 0.25) is 0 Å². The van der Waals surface area contributed by atoms with Crippen molar-refractivity contribution in [3.63, 3.8) is 0 Å². The molecule has 5 nitrogen and oxygen atoms in total. The fourth-order valence-electron chi connectivity index (χ4n) is 2.95. The van der Waals surface area contributed by atoms with Crippen LogP contribution < -0.4 is 4.90 Å². The monoisotopic (exact) mass is 319 g/mol. The lowest BCUT2D eigenvalue weighted by Crippen LogP contribution is -2.23. The number of hydrogen-bond donors (Lipinski definition) is 0. The molecule has 5 heteroatoms. The molecule has 120 valence electrons. The summed E-state index contributed by atoms with van der Waals surface area (Å²) in [6, 6.07) is 12.0. The molecule has 0 aliphatic carbocycles. The molecule has 1 aromatic carbocycles. The van der Waals surface area contributed by atoms with Crippen LogP contribution in [0.15, 0.2) is 42.6 Å². The van der Waals surface area contributed by atoms with E-state index in [1.54, 1.807) is 4.90 Å². The molecule has 0 N–H and O–H groups in total. The van der Waals surface area contributed by atoms with Crippen LogP contribution >= 0.6 is 0 Å². The lowest BCUT2D eigenvalue weighted by atomic mass is 10.1. The van der Waals surface area contributed by atoms with E-state index in [9.17, 15) is 4.79 Å². The lowest BCUT2D eigenvalue weighted by molar-refractivity contribution is 0.181. The predicted molar refractivity (Wildman–Crippen MR) is 93.1 cm³/mol. The van der Waals surface area contributed by atoms with E-state index in [1.165, 1.54) is 0 Å². The van der Waals surface area contributed by atoms with E-state index >= 15 is 0 Å². The Labute approximate surface area is 139 Å². The Morgan fingerprint density at radius 1 is 1.12 bits per heavy atom. The lowest BCUT2D eigenvalue weighted by Gasteiger charge is -2.14. The molecule has 1 aliphatic rings. The first-order valence-electron chi connectivity index (χ1n) is 7.90. The van der Waals surface area contributed by atoms with Gasteiger partial charge in [-0.05, 0) is 49.7 Å². The van der Waals surface area contributed by atoms with Crippen molar-refractivity contribution in [2.24, 2.45) is 0 Å². The Balaban J connectivity index is 1.83. The maximum atomic E-state index is 11.8. The Morgan fingerprint density at radius 3 is 2.71 bits per heavy atom. The van der Waals surface area contributed by atoms with Crippen molar-refractivity contribution in [3.05, 3.63) is 53.9 Å². The van der Waals surface area contributed by atoms with Crippen LogP contribution in [0.3, 0.4) is 0 Å². The molecule has 0 radical (unpaired) electrons. The zero-order valence-electron chi connectivity index (χ0n) is 13.6.